The van der Waals surface area contributed by atoms with Crippen molar-refractivity contribution >= 4 is 5.91 Å². The summed E-state index contributed by atoms with van der Waals surface area (Å²) in [6, 6.07) is 21.6. The molecule has 2 heterocycles. The molecule has 3 aromatic rings. The van der Waals surface area contributed by atoms with Crippen LogP contribution in [-0.2, 0) is 17.6 Å². The largest absolute Gasteiger partial charge is 0.348 e. The van der Waals surface area contributed by atoms with Crippen LogP contribution in [0.5, 0.6) is 0 Å². The van der Waals surface area contributed by atoms with Crippen LogP contribution in [0.15, 0.2) is 67.0 Å². The molecule has 1 aromatic heterocycles. The maximum absolute atomic E-state index is 13.2. The first kappa shape index (κ1) is 19.1. The van der Waals surface area contributed by atoms with Gasteiger partial charge in [-0.25, -0.2) is 4.98 Å². The number of piperazine rings is 1. The average Bonchev–Trinajstić information content (AvgIpc) is 3.29. The molecule has 5 nitrogen and oxygen atoms in total. The fourth-order valence-electron chi connectivity index (χ4n) is 4.96. The minimum atomic E-state index is 0.0866. The Kier molecular flexibility index (Phi) is 5.37. The van der Waals surface area contributed by atoms with E-state index in [0.717, 1.165) is 56.8 Å². The second-order valence-electron chi connectivity index (χ2n) is 8.35. The van der Waals surface area contributed by atoms with E-state index < -0.39 is 0 Å². The summed E-state index contributed by atoms with van der Waals surface area (Å²) in [5.74, 6) is 0.398. The molecule has 1 atom stereocenters. The van der Waals surface area contributed by atoms with Gasteiger partial charge < -0.3 is 9.88 Å². The normalized spacial score (nSPS) is 19.6. The van der Waals surface area contributed by atoms with Crippen molar-refractivity contribution in [1.82, 2.24) is 19.8 Å². The number of hydrogen-bond donors (Lipinski definition) is 1. The van der Waals surface area contributed by atoms with Crippen molar-refractivity contribution < 1.29 is 4.79 Å². The molecule has 5 heteroatoms. The van der Waals surface area contributed by atoms with Crippen molar-refractivity contribution in [1.29, 1.82) is 0 Å². The number of rotatable bonds is 4. The highest BCUT2D eigenvalue weighted by Gasteiger charge is 2.33. The molecule has 5 rings (SSSR count). The van der Waals surface area contributed by atoms with Crippen molar-refractivity contribution in [2.75, 3.05) is 26.2 Å². The number of benzene rings is 2. The zero-order valence-electron chi connectivity index (χ0n) is 17.2. The summed E-state index contributed by atoms with van der Waals surface area (Å²) in [6.07, 6.45) is 4.36. The van der Waals surface area contributed by atoms with Crippen molar-refractivity contribution in [2.24, 2.45) is 5.92 Å². The zero-order chi connectivity index (χ0) is 20.3. The molecule has 2 aliphatic rings. The van der Waals surface area contributed by atoms with Gasteiger partial charge in [-0.3, -0.25) is 9.69 Å². The van der Waals surface area contributed by atoms with Gasteiger partial charge in [0.2, 0.25) is 5.91 Å². The molecule has 0 saturated carbocycles. The number of carbonyl (C=O) groups is 1. The minimum Gasteiger partial charge on any atom is -0.348 e. The van der Waals surface area contributed by atoms with Gasteiger partial charge in [0.25, 0.3) is 0 Å². The Morgan fingerprint density at radius 1 is 0.933 bits per heavy atom. The molecule has 1 aliphatic heterocycles. The predicted molar refractivity (Wildman–Crippen MR) is 117 cm³/mol. The summed E-state index contributed by atoms with van der Waals surface area (Å²) < 4.78 is 0. The Morgan fingerprint density at radius 3 is 2.20 bits per heavy atom. The first-order valence-corrected chi connectivity index (χ1v) is 10.9. The van der Waals surface area contributed by atoms with E-state index in [1.54, 1.807) is 6.33 Å². The lowest BCUT2D eigenvalue weighted by atomic mass is 9.88. The summed E-state index contributed by atoms with van der Waals surface area (Å²) in [5.41, 5.74) is 4.90. The Morgan fingerprint density at radius 2 is 1.57 bits per heavy atom. The number of aromatic nitrogens is 2. The first-order chi connectivity index (χ1) is 14.8. The molecule has 154 valence electrons. The molecule has 2 aromatic carbocycles. The highest BCUT2D eigenvalue weighted by Crippen LogP contribution is 2.30. The summed E-state index contributed by atoms with van der Waals surface area (Å²) in [5, 5.41) is 0. The maximum Gasteiger partial charge on any atom is 0.226 e. The van der Waals surface area contributed by atoms with Gasteiger partial charge in [0.05, 0.1) is 18.1 Å². The van der Waals surface area contributed by atoms with E-state index in [9.17, 15) is 4.79 Å². The Balaban J connectivity index is 1.28. The van der Waals surface area contributed by atoms with E-state index in [-0.39, 0.29) is 12.0 Å². The number of carbonyl (C=O) groups excluding carboxylic acids is 1. The molecule has 30 heavy (non-hydrogen) atoms. The van der Waals surface area contributed by atoms with Crippen LogP contribution in [0.3, 0.4) is 0 Å². The number of amides is 1. The first-order valence-electron chi connectivity index (χ1n) is 10.9. The highest BCUT2D eigenvalue weighted by atomic mass is 16.2. The summed E-state index contributed by atoms with van der Waals surface area (Å²) in [6.45, 7) is 3.37. The van der Waals surface area contributed by atoms with Crippen LogP contribution in [-0.4, -0.2) is 51.9 Å². The van der Waals surface area contributed by atoms with Crippen LogP contribution >= 0.6 is 0 Å². The van der Waals surface area contributed by atoms with Gasteiger partial charge in [-0.2, -0.15) is 0 Å². The number of imidazole rings is 1. The van der Waals surface area contributed by atoms with Crippen LogP contribution in [0.25, 0.3) is 0 Å². The molecule has 1 N–H and O–H groups in total. The second-order valence-corrected chi connectivity index (χ2v) is 8.35. The van der Waals surface area contributed by atoms with E-state index in [0.29, 0.717) is 5.91 Å². The molecule has 1 fully saturated rings. The smallest absolute Gasteiger partial charge is 0.226 e. The lowest BCUT2D eigenvalue weighted by Gasteiger charge is -2.41. The number of fused-ring (bicyclic) bond motifs is 1. The number of nitrogens with one attached hydrogen (secondary N) is 1. The van der Waals surface area contributed by atoms with Gasteiger partial charge in [-0.1, -0.05) is 60.7 Å². The van der Waals surface area contributed by atoms with Gasteiger partial charge in [0, 0.05) is 44.2 Å². The van der Waals surface area contributed by atoms with Gasteiger partial charge in [-0.15, -0.1) is 0 Å². The fraction of sp³-hybridized carbons (Fsp3) is 0.360. The predicted octanol–water partition coefficient (Wildman–Crippen LogP) is 3.45. The molecule has 1 amide bonds. The molecule has 1 saturated heterocycles. The second kappa shape index (κ2) is 8.44. The third kappa shape index (κ3) is 3.77. The fourth-order valence-corrected chi connectivity index (χ4v) is 4.96. The van der Waals surface area contributed by atoms with Crippen molar-refractivity contribution in [3.8, 4) is 0 Å². The maximum atomic E-state index is 13.2. The van der Waals surface area contributed by atoms with Gasteiger partial charge in [-0.05, 0) is 24.0 Å². The molecule has 1 unspecified atom stereocenters. The van der Waals surface area contributed by atoms with Crippen LogP contribution < -0.4 is 0 Å². The summed E-state index contributed by atoms with van der Waals surface area (Å²) in [4.78, 5) is 25.3. The molecular formula is C25H28N4O. The lowest BCUT2D eigenvalue weighted by molar-refractivity contribution is -0.138. The minimum absolute atomic E-state index is 0.0866. The Labute approximate surface area is 177 Å². The molecule has 0 radical (unpaired) electrons. The number of nitrogens with zero attached hydrogens (tertiary/aromatic N) is 3. The molecule has 0 spiro atoms. The third-order valence-corrected chi connectivity index (χ3v) is 6.56. The number of hydrogen-bond acceptors (Lipinski definition) is 3. The van der Waals surface area contributed by atoms with Gasteiger partial charge in [0.1, 0.15) is 0 Å². The van der Waals surface area contributed by atoms with E-state index in [4.69, 9.17) is 0 Å². The van der Waals surface area contributed by atoms with E-state index in [2.05, 4.69) is 80.4 Å². The van der Waals surface area contributed by atoms with Crippen LogP contribution in [0.2, 0.25) is 0 Å². The van der Waals surface area contributed by atoms with Crippen molar-refractivity contribution in [3.05, 3.63) is 89.5 Å². The highest BCUT2D eigenvalue weighted by molar-refractivity contribution is 5.79. The van der Waals surface area contributed by atoms with E-state index in [1.165, 1.54) is 11.1 Å². The number of H-pyrrole nitrogens is 1. The molecular weight excluding hydrogens is 372 g/mol. The molecule has 0 bridgehead atoms. The van der Waals surface area contributed by atoms with E-state index in [1.807, 2.05) is 0 Å². The summed E-state index contributed by atoms with van der Waals surface area (Å²) in [7, 11) is 0. The lowest BCUT2D eigenvalue weighted by Crippen LogP contribution is -2.51. The van der Waals surface area contributed by atoms with Crippen LogP contribution in [0.4, 0.5) is 0 Å². The van der Waals surface area contributed by atoms with Crippen LogP contribution in [0, 0.1) is 5.92 Å². The van der Waals surface area contributed by atoms with E-state index >= 15 is 0 Å². The average molecular weight is 401 g/mol. The van der Waals surface area contributed by atoms with Crippen molar-refractivity contribution in [3.63, 3.8) is 0 Å². The van der Waals surface area contributed by atoms with Gasteiger partial charge >= 0.3 is 0 Å². The SMILES string of the molecule is O=C(C1CCc2nc[nH]c2C1)N1CCN(C(c2ccccc2)c2ccccc2)CC1. The Bertz CT molecular complexity index is 937. The number of aromatic amines is 1. The monoisotopic (exact) mass is 400 g/mol. The topological polar surface area (TPSA) is 52.2 Å². The Hall–Kier alpha value is -2.92. The third-order valence-electron chi connectivity index (χ3n) is 6.56. The standard InChI is InChI=1S/C25H28N4O/c30-25(21-11-12-22-23(17-21)27-18-26-22)29-15-13-28(14-16-29)24(19-7-3-1-4-8-19)20-9-5-2-6-10-20/h1-10,18,21,24H,11-17H2,(H,26,27). The van der Waals surface area contributed by atoms with Gasteiger partial charge in [0.15, 0.2) is 0 Å². The van der Waals surface area contributed by atoms with Crippen LogP contribution in [0.1, 0.15) is 35.0 Å². The summed E-state index contributed by atoms with van der Waals surface area (Å²) >= 11 is 0. The molecule has 1 aliphatic carbocycles. The van der Waals surface area contributed by atoms with Crippen molar-refractivity contribution in [2.45, 2.75) is 25.3 Å². The quantitative estimate of drug-likeness (QED) is 0.730. The zero-order valence-corrected chi connectivity index (χ0v) is 17.2. The number of aryl methyl sites for hydroxylation is 1.